The van der Waals surface area contributed by atoms with Crippen molar-refractivity contribution in [1.82, 2.24) is 0 Å². The fourth-order valence-corrected chi connectivity index (χ4v) is 5.06. The van der Waals surface area contributed by atoms with E-state index in [-0.39, 0.29) is 34.1 Å². The standard InChI is InChI=1S/C23H19ClN2O6S/c1-31-23(28)17-9-5-6-10-18(17)25-22(27)21-14-26(19-13-15(24)11-12-20(19)32-21)33(29,30)16-7-3-2-4-8-16/h2-13,21H,14H2,1H3,(H,25,27)/t21-/m0/s1. The molecule has 1 atom stereocenters. The third kappa shape index (κ3) is 4.50. The van der Waals surface area contributed by atoms with E-state index in [0.29, 0.717) is 5.02 Å². The first-order valence-corrected chi connectivity index (χ1v) is 11.7. The van der Waals surface area contributed by atoms with Crippen molar-refractivity contribution < 1.29 is 27.5 Å². The number of carbonyl (C=O) groups excluding carboxylic acids is 2. The topological polar surface area (TPSA) is 102 Å². The van der Waals surface area contributed by atoms with Gasteiger partial charge in [-0.3, -0.25) is 9.10 Å². The first kappa shape index (κ1) is 22.6. The molecule has 4 rings (SSSR count). The minimum atomic E-state index is -4.02. The van der Waals surface area contributed by atoms with Crippen LogP contribution in [-0.2, 0) is 19.6 Å². The van der Waals surface area contributed by atoms with Crippen molar-refractivity contribution >= 4 is 44.9 Å². The van der Waals surface area contributed by atoms with Crippen molar-refractivity contribution in [3.8, 4) is 5.75 Å². The van der Waals surface area contributed by atoms with Crippen LogP contribution in [-0.4, -0.2) is 40.1 Å². The molecule has 33 heavy (non-hydrogen) atoms. The summed E-state index contributed by atoms with van der Waals surface area (Å²) in [6.07, 6.45) is -1.19. The highest BCUT2D eigenvalue weighted by Gasteiger charge is 2.38. The van der Waals surface area contributed by atoms with Crippen LogP contribution in [0.3, 0.4) is 0 Å². The molecule has 10 heteroatoms. The number of hydrogen-bond donors (Lipinski definition) is 1. The van der Waals surface area contributed by atoms with Gasteiger partial charge in [-0.2, -0.15) is 0 Å². The first-order chi connectivity index (χ1) is 15.8. The minimum Gasteiger partial charge on any atom is -0.476 e. The number of nitrogens with one attached hydrogen (secondary N) is 1. The van der Waals surface area contributed by atoms with Gasteiger partial charge >= 0.3 is 5.97 Å². The lowest BCUT2D eigenvalue weighted by Crippen LogP contribution is -2.49. The molecule has 0 aliphatic carbocycles. The number of amides is 1. The lowest BCUT2D eigenvalue weighted by molar-refractivity contribution is -0.122. The number of carbonyl (C=O) groups is 2. The second kappa shape index (κ2) is 9.13. The lowest BCUT2D eigenvalue weighted by Gasteiger charge is -2.35. The Labute approximate surface area is 195 Å². The van der Waals surface area contributed by atoms with Gasteiger partial charge in [0.1, 0.15) is 5.75 Å². The van der Waals surface area contributed by atoms with Crippen molar-refractivity contribution in [2.45, 2.75) is 11.0 Å². The molecule has 0 aromatic heterocycles. The van der Waals surface area contributed by atoms with Crippen molar-refractivity contribution in [3.05, 3.63) is 83.4 Å². The molecule has 1 amide bonds. The molecule has 170 valence electrons. The molecule has 0 spiro atoms. The molecule has 0 bridgehead atoms. The van der Waals surface area contributed by atoms with Gasteiger partial charge < -0.3 is 14.8 Å². The molecular formula is C23H19ClN2O6S. The SMILES string of the molecule is COC(=O)c1ccccc1NC(=O)[C@@H]1CN(S(=O)(=O)c2ccccc2)c2cc(Cl)ccc2O1. The van der Waals surface area contributed by atoms with Crippen LogP contribution in [0.5, 0.6) is 5.75 Å². The molecule has 8 nitrogen and oxygen atoms in total. The average molecular weight is 487 g/mol. The van der Waals surface area contributed by atoms with E-state index in [2.05, 4.69) is 5.32 Å². The Hall–Kier alpha value is -3.56. The molecule has 1 N–H and O–H groups in total. The maximum atomic E-state index is 13.4. The second-order valence-electron chi connectivity index (χ2n) is 7.09. The third-order valence-electron chi connectivity index (χ3n) is 5.00. The highest BCUT2D eigenvalue weighted by atomic mass is 35.5. The summed E-state index contributed by atoms with van der Waals surface area (Å²) in [5, 5.41) is 2.96. The summed E-state index contributed by atoms with van der Waals surface area (Å²) in [6, 6.07) is 18.7. The number of sulfonamides is 1. The molecule has 0 unspecified atom stereocenters. The Kier molecular flexibility index (Phi) is 6.26. The van der Waals surface area contributed by atoms with Gasteiger partial charge in [0, 0.05) is 5.02 Å². The minimum absolute atomic E-state index is 0.0630. The van der Waals surface area contributed by atoms with Gasteiger partial charge in [-0.25, -0.2) is 13.2 Å². The summed E-state index contributed by atoms with van der Waals surface area (Å²) in [7, 11) is -2.78. The number of benzene rings is 3. The van der Waals surface area contributed by atoms with E-state index < -0.39 is 28.0 Å². The molecular weight excluding hydrogens is 468 g/mol. The maximum absolute atomic E-state index is 13.4. The van der Waals surface area contributed by atoms with E-state index in [1.807, 2.05) is 0 Å². The van der Waals surface area contributed by atoms with E-state index >= 15 is 0 Å². The second-order valence-corrected chi connectivity index (χ2v) is 9.39. The normalized spacial score (nSPS) is 15.2. The summed E-state index contributed by atoms with van der Waals surface area (Å²) in [5.41, 5.74) is 0.604. The largest absolute Gasteiger partial charge is 0.476 e. The van der Waals surface area contributed by atoms with E-state index in [9.17, 15) is 18.0 Å². The van der Waals surface area contributed by atoms with Crippen LogP contribution in [0.15, 0.2) is 77.7 Å². The fourth-order valence-electron chi connectivity index (χ4n) is 3.40. The zero-order chi connectivity index (χ0) is 23.6. The van der Waals surface area contributed by atoms with Gasteiger partial charge in [0.25, 0.3) is 15.9 Å². The number of ether oxygens (including phenoxy) is 2. The predicted molar refractivity (Wildman–Crippen MR) is 123 cm³/mol. The van der Waals surface area contributed by atoms with Crippen LogP contribution in [0.1, 0.15) is 10.4 Å². The molecule has 0 radical (unpaired) electrons. The summed E-state index contributed by atoms with van der Waals surface area (Å²) in [6.45, 7) is -0.295. The number of halogens is 1. The molecule has 0 saturated carbocycles. The average Bonchev–Trinajstić information content (AvgIpc) is 2.83. The Morgan fingerprint density at radius 3 is 2.48 bits per heavy atom. The Morgan fingerprint density at radius 1 is 1.06 bits per heavy atom. The van der Waals surface area contributed by atoms with Gasteiger partial charge in [0.2, 0.25) is 0 Å². The Morgan fingerprint density at radius 2 is 1.76 bits per heavy atom. The molecule has 1 heterocycles. The number of nitrogens with zero attached hydrogens (tertiary/aromatic N) is 1. The zero-order valence-corrected chi connectivity index (χ0v) is 19.0. The van der Waals surface area contributed by atoms with E-state index in [4.69, 9.17) is 21.1 Å². The number of anilines is 2. The molecule has 3 aromatic rings. The van der Waals surface area contributed by atoms with Crippen molar-refractivity contribution in [2.75, 3.05) is 23.3 Å². The van der Waals surface area contributed by atoms with Gasteiger partial charge in [-0.05, 0) is 42.5 Å². The highest BCUT2D eigenvalue weighted by Crippen LogP contribution is 2.39. The highest BCUT2D eigenvalue weighted by molar-refractivity contribution is 7.92. The quantitative estimate of drug-likeness (QED) is 0.551. The number of para-hydroxylation sites is 1. The van der Waals surface area contributed by atoms with Gasteiger partial charge in [0.15, 0.2) is 6.10 Å². The summed E-state index contributed by atoms with van der Waals surface area (Å²) in [4.78, 5) is 25.2. The van der Waals surface area contributed by atoms with Crippen LogP contribution in [0.4, 0.5) is 11.4 Å². The van der Waals surface area contributed by atoms with Crippen LogP contribution in [0.2, 0.25) is 5.02 Å². The summed E-state index contributed by atoms with van der Waals surface area (Å²) in [5.74, 6) is -1.06. The number of esters is 1. The van der Waals surface area contributed by atoms with E-state index in [1.54, 1.807) is 42.5 Å². The fraction of sp³-hybridized carbons (Fsp3) is 0.130. The molecule has 0 saturated heterocycles. The maximum Gasteiger partial charge on any atom is 0.339 e. The smallest absolute Gasteiger partial charge is 0.339 e. The first-order valence-electron chi connectivity index (χ1n) is 9.83. The van der Waals surface area contributed by atoms with Crippen molar-refractivity contribution in [3.63, 3.8) is 0 Å². The van der Waals surface area contributed by atoms with Crippen LogP contribution in [0.25, 0.3) is 0 Å². The third-order valence-corrected chi connectivity index (χ3v) is 7.03. The lowest BCUT2D eigenvalue weighted by atomic mass is 10.1. The summed E-state index contributed by atoms with van der Waals surface area (Å²) >= 11 is 6.11. The van der Waals surface area contributed by atoms with Crippen LogP contribution in [0, 0.1) is 0 Å². The number of hydrogen-bond acceptors (Lipinski definition) is 6. The Bertz CT molecular complexity index is 1310. The van der Waals surface area contributed by atoms with Crippen LogP contribution >= 0.6 is 11.6 Å². The van der Waals surface area contributed by atoms with Crippen molar-refractivity contribution in [2.24, 2.45) is 0 Å². The van der Waals surface area contributed by atoms with E-state index in [1.165, 1.54) is 37.4 Å². The van der Waals surface area contributed by atoms with Gasteiger partial charge in [0.05, 0.1) is 35.5 Å². The molecule has 1 aliphatic heterocycles. The molecule has 1 aliphatic rings. The van der Waals surface area contributed by atoms with E-state index in [0.717, 1.165) is 4.31 Å². The monoisotopic (exact) mass is 486 g/mol. The number of rotatable bonds is 5. The number of fused-ring (bicyclic) bond motifs is 1. The van der Waals surface area contributed by atoms with Crippen molar-refractivity contribution in [1.29, 1.82) is 0 Å². The molecule has 3 aromatic carbocycles. The molecule has 0 fully saturated rings. The van der Waals surface area contributed by atoms with Gasteiger partial charge in [-0.1, -0.05) is 41.9 Å². The predicted octanol–water partition coefficient (Wildman–Crippen LogP) is 3.72. The van der Waals surface area contributed by atoms with Gasteiger partial charge in [-0.15, -0.1) is 0 Å². The number of methoxy groups -OCH3 is 1. The Balaban J connectivity index is 1.69. The summed E-state index contributed by atoms with van der Waals surface area (Å²) < 4.78 is 38.5. The van der Waals surface area contributed by atoms with Crippen LogP contribution < -0.4 is 14.4 Å². The zero-order valence-electron chi connectivity index (χ0n) is 17.4.